The van der Waals surface area contributed by atoms with Gasteiger partial charge in [0.1, 0.15) is 0 Å². The molecule has 1 atom stereocenters. The lowest BCUT2D eigenvalue weighted by atomic mass is 10.0. The number of carboxylic acid groups (broad SMARTS) is 1. The van der Waals surface area contributed by atoms with E-state index in [1.54, 1.807) is 0 Å². The smallest absolute Gasteiger partial charge is 0.449 e. The topological polar surface area (TPSA) is 95.7 Å². The van der Waals surface area contributed by atoms with E-state index in [9.17, 15) is 26.4 Å². The molecule has 140 valence electrons. The number of aliphatic carboxylic acids is 1. The third-order valence-corrected chi connectivity index (χ3v) is 6.44. The molecule has 1 saturated heterocycles. The van der Waals surface area contributed by atoms with Gasteiger partial charge in [-0.1, -0.05) is 0 Å². The van der Waals surface area contributed by atoms with Gasteiger partial charge in [0.05, 0.1) is 24.4 Å². The summed E-state index contributed by atoms with van der Waals surface area (Å²) in [5.74, 6) is -2.86. The minimum Gasteiger partial charge on any atom is -0.481 e. The van der Waals surface area contributed by atoms with Crippen LogP contribution in [0, 0.1) is 5.92 Å². The average molecular weight is 382 g/mol. The van der Waals surface area contributed by atoms with E-state index in [2.05, 4.69) is 4.98 Å². The van der Waals surface area contributed by atoms with Crippen LogP contribution in [0.5, 0.6) is 0 Å². The lowest BCUT2D eigenvalue weighted by Gasteiger charge is -2.36. The third-order valence-electron chi connectivity index (χ3n) is 4.49. The van der Waals surface area contributed by atoms with Crippen LogP contribution in [0.15, 0.2) is 6.20 Å². The lowest BCUT2D eigenvalue weighted by molar-refractivity contribution is -0.147. The number of hydrogen-bond acceptors (Lipinski definition) is 4. The van der Waals surface area contributed by atoms with Crippen LogP contribution in [0.1, 0.15) is 24.4 Å². The molecule has 1 unspecified atom stereocenters. The van der Waals surface area contributed by atoms with Crippen molar-refractivity contribution >= 4 is 16.2 Å². The Labute approximate surface area is 142 Å². The Morgan fingerprint density at radius 3 is 2.60 bits per heavy atom. The molecule has 0 aliphatic carbocycles. The van der Waals surface area contributed by atoms with Gasteiger partial charge in [-0.15, -0.1) is 0 Å². The SMILES string of the molecule is O=C(O)C1CCCN(S(=O)(=O)N2CCn3c(cnc3C(F)(F)F)C2)C1. The molecule has 0 spiro atoms. The number of alkyl halides is 3. The number of imidazole rings is 1. The fourth-order valence-corrected chi connectivity index (χ4v) is 4.86. The second kappa shape index (κ2) is 6.25. The van der Waals surface area contributed by atoms with E-state index in [1.807, 2.05) is 0 Å². The molecule has 2 aliphatic rings. The molecule has 1 aromatic rings. The first kappa shape index (κ1) is 18.1. The zero-order valence-corrected chi connectivity index (χ0v) is 13.9. The number of rotatable bonds is 3. The number of aromatic nitrogens is 2. The molecule has 3 heterocycles. The largest absolute Gasteiger partial charge is 0.481 e. The fourth-order valence-electron chi connectivity index (χ4n) is 3.20. The van der Waals surface area contributed by atoms with Crippen molar-refractivity contribution in [2.75, 3.05) is 19.6 Å². The van der Waals surface area contributed by atoms with Gasteiger partial charge in [0.25, 0.3) is 10.2 Å². The minimum atomic E-state index is -4.60. The van der Waals surface area contributed by atoms with Crippen LogP contribution in [-0.4, -0.2) is 57.3 Å². The Hall–Kier alpha value is -1.66. The van der Waals surface area contributed by atoms with E-state index >= 15 is 0 Å². The van der Waals surface area contributed by atoms with Crippen LogP contribution < -0.4 is 0 Å². The maximum atomic E-state index is 12.9. The molecule has 8 nitrogen and oxygen atoms in total. The van der Waals surface area contributed by atoms with Gasteiger partial charge in [-0.2, -0.15) is 30.2 Å². The van der Waals surface area contributed by atoms with Gasteiger partial charge in [0.2, 0.25) is 5.82 Å². The number of hydrogen-bond donors (Lipinski definition) is 1. The monoisotopic (exact) mass is 382 g/mol. The van der Waals surface area contributed by atoms with E-state index in [0.29, 0.717) is 12.8 Å². The first-order chi connectivity index (χ1) is 11.6. The number of halogens is 3. The molecular weight excluding hydrogens is 365 g/mol. The first-order valence-electron chi connectivity index (χ1n) is 7.70. The van der Waals surface area contributed by atoms with E-state index < -0.39 is 34.1 Å². The van der Waals surface area contributed by atoms with Crippen LogP contribution >= 0.6 is 0 Å². The van der Waals surface area contributed by atoms with Gasteiger partial charge in [0.15, 0.2) is 0 Å². The number of fused-ring (bicyclic) bond motifs is 1. The summed E-state index contributed by atoms with van der Waals surface area (Å²) >= 11 is 0. The van der Waals surface area contributed by atoms with E-state index in [4.69, 9.17) is 5.11 Å². The first-order valence-corrected chi connectivity index (χ1v) is 9.10. The van der Waals surface area contributed by atoms with Crippen molar-refractivity contribution in [2.24, 2.45) is 5.92 Å². The predicted octanol–water partition coefficient (Wildman–Crippen LogP) is 0.759. The minimum absolute atomic E-state index is 0.122. The van der Waals surface area contributed by atoms with Crippen molar-refractivity contribution in [3.8, 4) is 0 Å². The molecular formula is C13H17F3N4O4S. The van der Waals surface area contributed by atoms with Gasteiger partial charge in [-0.3, -0.25) is 4.79 Å². The Balaban J connectivity index is 1.79. The quantitative estimate of drug-likeness (QED) is 0.833. The summed E-state index contributed by atoms with van der Waals surface area (Å²) in [5.41, 5.74) is 0.161. The lowest BCUT2D eigenvalue weighted by Crippen LogP contribution is -2.51. The summed E-state index contributed by atoms with van der Waals surface area (Å²) in [4.78, 5) is 14.5. The molecule has 25 heavy (non-hydrogen) atoms. The highest BCUT2D eigenvalue weighted by Crippen LogP contribution is 2.31. The number of piperidine rings is 1. The van der Waals surface area contributed by atoms with Gasteiger partial charge in [-0.05, 0) is 12.8 Å². The average Bonchev–Trinajstić information content (AvgIpc) is 2.98. The zero-order valence-electron chi connectivity index (χ0n) is 13.1. The summed E-state index contributed by atoms with van der Waals surface area (Å²) < 4.78 is 67.2. The van der Waals surface area contributed by atoms with Crippen LogP contribution in [0.25, 0.3) is 0 Å². The molecule has 0 amide bonds. The van der Waals surface area contributed by atoms with Crippen molar-refractivity contribution < 1.29 is 31.5 Å². The molecule has 2 aliphatic heterocycles. The number of carboxylic acids is 1. The molecule has 0 bridgehead atoms. The number of carbonyl (C=O) groups is 1. The molecule has 3 rings (SSSR count). The van der Waals surface area contributed by atoms with Crippen LogP contribution in [0.3, 0.4) is 0 Å². The van der Waals surface area contributed by atoms with Crippen LogP contribution in [-0.2, 0) is 34.3 Å². The van der Waals surface area contributed by atoms with Crippen molar-refractivity contribution in [3.63, 3.8) is 0 Å². The summed E-state index contributed by atoms with van der Waals surface area (Å²) in [6.07, 6.45) is -2.73. The summed E-state index contributed by atoms with van der Waals surface area (Å²) in [5, 5.41) is 9.09. The van der Waals surface area contributed by atoms with E-state index in [-0.39, 0.29) is 38.4 Å². The fraction of sp³-hybridized carbons (Fsp3) is 0.692. The summed E-state index contributed by atoms with van der Waals surface area (Å²) in [6.45, 7) is -0.417. The highest BCUT2D eigenvalue weighted by atomic mass is 32.2. The van der Waals surface area contributed by atoms with Gasteiger partial charge in [-0.25, -0.2) is 4.98 Å². The highest BCUT2D eigenvalue weighted by molar-refractivity contribution is 7.86. The Morgan fingerprint density at radius 1 is 1.24 bits per heavy atom. The Bertz CT molecular complexity index is 777. The molecule has 0 radical (unpaired) electrons. The van der Waals surface area contributed by atoms with Crippen molar-refractivity contribution in [1.82, 2.24) is 18.2 Å². The third kappa shape index (κ3) is 3.37. The molecule has 0 saturated carbocycles. The molecule has 1 N–H and O–H groups in total. The van der Waals surface area contributed by atoms with Crippen LogP contribution in [0.2, 0.25) is 0 Å². The highest BCUT2D eigenvalue weighted by Gasteiger charge is 2.41. The molecule has 1 fully saturated rings. The Morgan fingerprint density at radius 2 is 1.96 bits per heavy atom. The second-order valence-electron chi connectivity index (χ2n) is 6.10. The molecule has 1 aromatic heterocycles. The van der Waals surface area contributed by atoms with Gasteiger partial charge in [0, 0.05) is 26.2 Å². The van der Waals surface area contributed by atoms with E-state index in [0.717, 1.165) is 19.4 Å². The van der Waals surface area contributed by atoms with Crippen molar-refractivity contribution in [3.05, 3.63) is 17.7 Å². The van der Waals surface area contributed by atoms with Gasteiger partial charge >= 0.3 is 12.1 Å². The standard InChI is InChI=1S/C13H17F3N4O4S/c14-13(15,16)12-17-6-10-8-19(4-5-20(10)12)25(23,24)18-3-1-2-9(7-18)11(21)22/h6,9H,1-5,7-8H2,(H,21,22). The second-order valence-corrected chi connectivity index (χ2v) is 8.03. The maximum Gasteiger partial charge on any atom is 0.449 e. The molecule has 0 aromatic carbocycles. The van der Waals surface area contributed by atoms with E-state index in [1.165, 1.54) is 0 Å². The normalized spacial score (nSPS) is 23.4. The maximum absolute atomic E-state index is 12.9. The zero-order chi connectivity index (χ0) is 18.4. The molecule has 12 heteroatoms. The summed E-state index contributed by atoms with van der Waals surface area (Å²) in [6, 6.07) is 0. The predicted molar refractivity (Wildman–Crippen MR) is 78.5 cm³/mol. The van der Waals surface area contributed by atoms with Crippen molar-refractivity contribution in [2.45, 2.75) is 32.1 Å². The number of nitrogens with zero attached hydrogens (tertiary/aromatic N) is 4. The summed E-state index contributed by atoms with van der Waals surface area (Å²) in [7, 11) is -3.94. The van der Waals surface area contributed by atoms with Crippen molar-refractivity contribution in [1.29, 1.82) is 0 Å². The Kier molecular flexibility index (Phi) is 4.54. The van der Waals surface area contributed by atoms with Gasteiger partial charge < -0.3 is 9.67 Å². The van der Waals surface area contributed by atoms with Crippen LogP contribution in [0.4, 0.5) is 13.2 Å².